The average Bonchev–Trinajstić information content (AvgIpc) is 2.31. The minimum atomic E-state index is -0.228. The van der Waals surface area contributed by atoms with Crippen LogP contribution in [0, 0.1) is 6.92 Å². The normalized spacial score (nSPS) is 10.2. The molecule has 2 aromatic rings. The van der Waals surface area contributed by atoms with Crippen molar-refractivity contribution in [1.29, 1.82) is 0 Å². The molecule has 2 rings (SSSR count). The fourth-order valence-electron chi connectivity index (χ4n) is 1.63. The topological polar surface area (TPSA) is 37.3 Å². The molecule has 17 heavy (non-hydrogen) atoms. The van der Waals surface area contributed by atoms with Crippen molar-refractivity contribution in [3.05, 3.63) is 64.2 Å². The molecule has 2 aromatic carbocycles. The van der Waals surface area contributed by atoms with E-state index in [2.05, 4.69) is 0 Å². The summed E-state index contributed by atoms with van der Waals surface area (Å²) in [5.41, 5.74) is 1.77. The van der Waals surface area contributed by atoms with Crippen LogP contribution in [0.1, 0.15) is 21.5 Å². The number of rotatable bonds is 2. The Bertz CT molecular complexity index is 576. The van der Waals surface area contributed by atoms with E-state index in [4.69, 9.17) is 11.6 Å². The SMILES string of the molecule is Cc1cccc(C(=O)c2cc(Cl)ccc2O)c1. The third kappa shape index (κ3) is 2.48. The van der Waals surface area contributed by atoms with E-state index < -0.39 is 0 Å². The van der Waals surface area contributed by atoms with Crippen LogP contribution < -0.4 is 0 Å². The van der Waals surface area contributed by atoms with Crippen LogP contribution >= 0.6 is 11.6 Å². The molecule has 0 saturated carbocycles. The molecule has 0 aromatic heterocycles. The summed E-state index contributed by atoms with van der Waals surface area (Å²) >= 11 is 5.82. The summed E-state index contributed by atoms with van der Waals surface area (Å²) in [5, 5.41) is 10.1. The maximum Gasteiger partial charge on any atom is 0.196 e. The molecule has 3 heteroatoms. The number of aryl methyl sites for hydroxylation is 1. The smallest absolute Gasteiger partial charge is 0.196 e. The molecule has 0 heterocycles. The van der Waals surface area contributed by atoms with Gasteiger partial charge in [0.05, 0.1) is 5.56 Å². The molecule has 0 aliphatic heterocycles. The average molecular weight is 247 g/mol. The van der Waals surface area contributed by atoms with E-state index in [-0.39, 0.29) is 17.1 Å². The zero-order valence-corrected chi connectivity index (χ0v) is 10.0. The number of ketones is 1. The Hall–Kier alpha value is -1.80. The Kier molecular flexibility index (Phi) is 3.16. The molecule has 0 fully saturated rings. The fourth-order valence-corrected chi connectivity index (χ4v) is 1.80. The third-order valence-corrected chi connectivity index (χ3v) is 2.72. The molecule has 0 unspecified atom stereocenters. The molecule has 0 amide bonds. The van der Waals surface area contributed by atoms with Gasteiger partial charge in [-0.15, -0.1) is 0 Å². The quantitative estimate of drug-likeness (QED) is 0.823. The van der Waals surface area contributed by atoms with Crippen molar-refractivity contribution < 1.29 is 9.90 Å². The Balaban J connectivity index is 2.47. The Morgan fingerprint density at radius 3 is 2.65 bits per heavy atom. The molecule has 2 nitrogen and oxygen atoms in total. The van der Waals surface area contributed by atoms with Crippen molar-refractivity contribution >= 4 is 17.4 Å². The lowest BCUT2D eigenvalue weighted by Crippen LogP contribution is -2.01. The number of halogens is 1. The van der Waals surface area contributed by atoms with E-state index in [1.807, 2.05) is 19.1 Å². The van der Waals surface area contributed by atoms with E-state index in [1.54, 1.807) is 18.2 Å². The minimum absolute atomic E-state index is 0.0547. The van der Waals surface area contributed by atoms with Crippen molar-refractivity contribution in [3.8, 4) is 5.75 Å². The number of phenols is 1. The summed E-state index contributed by atoms with van der Waals surface area (Å²) < 4.78 is 0. The van der Waals surface area contributed by atoms with Gasteiger partial charge in [0.1, 0.15) is 5.75 Å². The first-order valence-electron chi connectivity index (χ1n) is 5.18. The molecule has 0 radical (unpaired) electrons. The van der Waals surface area contributed by atoms with E-state index in [0.717, 1.165) is 5.56 Å². The van der Waals surface area contributed by atoms with Crippen LogP contribution in [0.15, 0.2) is 42.5 Å². The van der Waals surface area contributed by atoms with Crippen LogP contribution in [-0.4, -0.2) is 10.9 Å². The molecule has 1 N–H and O–H groups in total. The Labute approximate surface area is 104 Å². The fraction of sp³-hybridized carbons (Fsp3) is 0.0714. The summed E-state index contributed by atoms with van der Waals surface area (Å²) in [6.45, 7) is 1.91. The van der Waals surface area contributed by atoms with Crippen molar-refractivity contribution in [3.63, 3.8) is 0 Å². The van der Waals surface area contributed by atoms with Gasteiger partial charge in [0, 0.05) is 10.6 Å². The lowest BCUT2D eigenvalue weighted by molar-refractivity contribution is 0.103. The second-order valence-electron chi connectivity index (χ2n) is 3.86. The first-order valence-corrected chi connectivity index (χ1v) is 5.55. The zero-order valence-electron chi connectivity index (χ0n) is 9.27. The van der Waals surface area contributed by atoms with E-state index >= 15 is 0 Å². The molecule has 86 valence electrons. The number of benzene rings is 2. The van der Waals surface area contributed by atoms with Crippen LogP contribution in [0.25, 0.3) is 0 Å². The lowest BCUT2D eigenvalue weighted by Gasteiger charge is -2.05. The largest absolute Gasteiger partial charge is 0.507 e. The summed E-state index contributed by atoms with van der Waals surface area (Å²) in [5.74, 6) is -0.283. The monoisotopic (exact) mass is 246 g/mol. The van der Waals surface area contributed by atoms with E-state index in [1.165, 1.54) is 12.1 Å². The predicted molar refractivity (Wildman–Crippen MR) is 67.7 cm³/mol. The molecule has 0 aliphatic carbocycles. The number of hydrogen-bond donors (Lipinski definition) is 1. The second-order valence-corrected chi connectivity index (χ2v) is 4.30. The van der Waals surface area contributed by atoms with Gasteiger partial charge in [0.25, 0.3) is 0 Å². The minimum Gasteiger partial charge on any atom is -0.507 e. The van der Waals surface area contributed by atoms with Gasteiger partial charge in [-0.3, -0.25) is 4.79 Å². The number of carbonyl (C=O) groups is 1. The van der Waals surface area contributed by atoms with Gasteiger partial charge in [-0.25, -0.2) is 0 Å². The summed E-state index contributed by atoms with van der Waals surface area (Å²) in [6, 6.07) is 11.7. The number of hydrogen-bond acceptors (Lipinski definition) is 2. The zero-order chi connectivity index (χ0) is 12.4. The molecule has 0 bridgehead atoms. The molecule has 0 atom stereocenters. The van der Waals surface area contributed by atoms with Gasteiger partial charge in [0.2, 0.25) is 0 Å². The van der Waals surface area contributed by atoms with Gasteiger partial charge in [0.15, 0.2) is 5.78 Å². The van der Waals surface area contributed by atoms with Crippen LogP contribution in [0.3, 0.4) is 0 Å². The molecular formula is C14H11ClO2. The van der Waals surface area contributed by atoms with Crippen molar-refractivity contribution in [2.24, 2.45) is 0 Å². The Morgan fingerprint density at radius 1 is 1.18 bits per heavy atom. The van der Waals surface area contributed by atoms with Gasteiger partial charge in [-0.05, 0) is 31.2 Å². The molecular weight excluding hydrogens is 236 g/mol. The molecule has 0 spiro atoms. The lowest BCUT2D eigenvalue weighted by atomic mass is 10.0. The van der Waals surface area contributed by atoms with Gasteiger partial charge < -0.3 is 5.11 Å². The van der Waals surface area contributed by atoms with Crippen LogP contribution in [-0.2, 0) is 0 Å². The number of aromatic hydroxyl groups is 1. The maximum atomic E-state index is 12.2. The highest BCUT2D eigenvalue weighted by Gasteiger charge is 2.13. The van der Waals surface area contributed by atoms with Gasteiger partial charge in [-0.2, -0.15) is 0 Å². The highest BCUT2D eigenvalue weighted by molar-refractivity contribution is 6.31. The van der Waals surface area contributed by atoms with Gasteiger partial charge in [-0.1, -0.05) is 35.4 Å². The Morgan fingerprint density at radius 2 is 1.94 bits per heavy atom. The first kappa shape index (κ1) is 11.7. The number of carbonyl (C=O) groups excluding carboxylic acids is 1. The van der Waals surface area contributed by atoms with Crippen LogP contribution in [0.5, 0.6) is 5.75 Å². The van der Waals surface area contributed by atoms with Crippen LogP contribution in [0.2, 0.25) is 5.02 Å². The van der Waals surface area contributed by atoms with Crippen molar-refractivity contribution in [1.82, 2.24) is 0 Å². The number of phenolic OH excluding ortho intramolecular Hbond substituents is 1. The second kappa shape index (κ2) is 4.60. The molecule has 0 aliphatic rings. The van der Waals surface area contributed by atoms with E-state index in [0.29, 0.717) is 10.6 Å². The first-order chi connectivity index (χ1) is 8.08. The predicted octanol–water partition coefficient (Wildman–Crippen LogP) is 3.59. The highest BCUT2D eigenvalue weighted by Crippen LogP contribution is 2.24. The summed E-state index contributed by atoms with van der Waals surface area (Å²) in [7, 11) is 0. The standard InChI is InChI=1S/C14H11ClO2/c1-9-3-2-4-10(7-9)14(17)12-8-11(15)5-6-13(12)16/h2-8,16H,1H3. The summed E-state index contributed by atoms with van der Waals surface area (Å²) in [4.78, 5) is 12.2. The van der Waals surface area contributed by atoms with E-state index in [9.17, 15) is 9.90 Å². The van der Waals surface area contributed by atoms with Crippen molar-refractivity contribution in [2.75, 3.05) is 0 Å². The highest BCUT2D eigenvalue weighted by atomic mass is 35.5. The maximum absolute atomic E-state index is 12.2. The third-order valence-electron chi connectivity index (χ3n) is 2.48. The van der Waals surface area contributed by atoms with Gasteiger partial charge >= 0.3 is 0 Å². The van der Waals surface area contributed by atoms with Crippen LogP contribution in [0.4, 0.5) is 0 Å². The van der Waals surface area contributed by atoms with Crippen molar-refractivity contribution in [2.45, 2.75) is 6.92 Å². The molecule has 0 saturated heterocycles. The summed E-state index contributed by atoms with van der Waals surface area (Å²) in [6.07, 6.45) is 0.